The molecule has 18 heavy (non-hydrogen) atoms. The number of hydrogen-bond donors (Lipinski definition) is 1. The van der Waals surface area contributed by atoms with Crippen molar-refractivity contribution in [1.82, 2.24) is 5.01 Å². The Morgan fingerprint density at radius 2 is 1.89 bits per heavy atom. The van der Waals surface area contributed by atoms with Gasteiger partial charge in [0.25, 0.3) is 0 Å². The minimum absolute atomic E-state index is 0. The van der Waals surface area contributed by atoms with Crippen molar-refractivity contribution in [2.24, 2.45) is 5.92 Å². The maximum atomic E-state index is 11.2. The van der Waals surface area contributed by atoms with E-state index >= 15 is 0 Å². The number of carbonyl (C=O) groups is 1. The molecular formula is C13H26FmN2O2-2. The van der Waals surface area contributed by atoms with Crippen LogP contribution in [0.5, 0.6) is 0 Å². The predicted molar refractivity (Wildman–Crippen MR) is 70.3 cm³/mol. The fourth-order valence-corrected chi connectivity index (χ4v) is 1.41. The maximum absolute atomic E-state index is 11.2. The second kappa shape index (κ2) is 7.67. The fourth-order valence-electron chi connectivity index (χ4n) is 1.41. The summed E-state index contributed by atoms with van der Waals surface area (Å²) in [5.74, 6) is -0.0648. The fraction of sp³-hybridized carbons (Fsp3) is 0.846. The normalized spacial score (nSPS) is 23.8. The Kier molecular flexibility index (Phi) is 7.98. The van der Waals surface area contributed by atoms with Gasteiger partial charge < -0.3 is 27.3 Å². The molecule has 0 aromatic heterocycles. The van der Waals surface area contributed by atoms with Crippen LogP contribution in [-0.2, 0) is 4.79 Å². The summed E-state index contributed by atoms with van der Waals surface area (Å²) in [6.07, 6.45) is 1.63. The molecule has 0 spiro atoms. The average molecular weight is 499 g/mol. The molecule has 0 radical (unpaired) electrons. The standard InChI is InChI=1S/C10H20N2O2.C3H7.Fm/c1-7-8(2)12(11-9(7)13)6-5-10(3,4)14;1-3-2;/h7-8,14H,5-6H2,1-4H3,(H,11,13);1,3H2,2H3;/q;-1;/p-1. The minimum atomic E-state index is -0.690. The molecule has 0 aliphatic carbocycles. The first-order valence-electron chi connectivity index (χ1n) is 6.26. The summed E-state index contributed by atoms with van der Waals surface area (Å²) in [6.45, 7) is 13.5. The van der Waals surface area contributed by atoms with Gasteiger partial charge in [-0.1, -0.05) is 20.8 Å². The second-order valence-electron chi connectivity index (χ2n) is 5.19. The molecule has 0 aromatic rings. The smallest absolute Gasteiger partial charge is 0.0666 e. The van der Waals surface area contributed by atoms with Gasteiger partial charge in [-0.2, -0.15) is 6.42 Å². The summed E-state index contributed by atoms with van der Waals surface area (Å²) < 4.78 is 0. The van der Waals surface area contributed by atoms with Crippen molar-refractivity contribution in [2.75, 3.05) is 6.54 Å². The van der Waals surface area contributed by atoms with Crippen molar-refractivity contribution in [3.8, 4) is 0 Å². The van der Waals surface area contributed by atoms with Gasteiger partial charge in [-0.3, -0.25) is 0 Å². The molecule has 4 nitrogen and oxygen atoms in total. The largest absolute Gasteiger partial charge is 0.588 e. The molecule has 0 aromatic carbocycles. The van der Waals surface area contributed by atoms with Crippen molar-refractivity contribution in [1.29, 1.82) is 0 Å². The van der Waals surface area contributed by atoms with E-state index in [0.717, 1.165) is 6.42 Å². The van der Waals surface area contributed by atoms with Crippen molar-refractivity contribution >= 4 is 5.91 Å². The van der Waals surface area contributed by atoms with Gasteiger partial charge >= 0.3 is 0 Å². The SMILES string of the molecule is CC1C(=O)[N-]N(CCC(C)(C)O)C1C.[CH2-]CC.[Fm]. The van der Waals surface area contributed by atoms with Crippen molar-refractivity contribution in [3.05, 3.63) is 12.3 Å². The number of nitrogens with zero attached hydrogens (tertiary/aromatic N) is 2. The zero-order chi connectivity index (χ0) is 13.6. The Labute approximate surface area is 105 Å². The molecule has 0 bridgehead atoms. The molecule has 1 saturated heterocycles. The zero-order valence-electron chi connectivity index (χ0n) is 12.0. The molecular weight excluding hydrogens is 473 g/mol. The van der Waals surface area contributed by atoms with E-state index in [-0.39, 0.29) is 17.9 Å². The average Bonchev–Trinajstić information content (AvgIpc) is 2.43. The van der Waals surface area contributed by atoms with Crippen LogP contribution in [0.2, 0.25) is 0 Å². The summed E-state index contributed by atoms with van der Waals surface area (Å²) in [5, 5.41) is 11.3. The first-order valence-corrected chi connectivity index (χ1v) is 6.26. The van der Waals surface area contributed by atoms with Crippen LogP contribution in [-0.4, -0.2) is 34.2 Å². The van der Waals surface area contributed by atoms with Gasteiger partial charge in [-0.05, 0) is 26.8 Å². The van der Waals surface area contributed by atoms with Crippen LogP contribution < -0.4 is 0 Å². The van der Waals surface area contributed by atoms with Crippen molar-refractivity contribution in [2.45, 2.75) is 59.1 Å². The van der Waals surface area contributed by atoms with Crippen molar-refractivity contribution in [3.63, 3.8) is 0 Å². The molecule has 1 aliphatic heterocycles. The quantitative estimate of drug-likeness (QED) is 0.608. The molecule has 1 fully saturated rings. The number of hydrogen-bond acceptors (Lipinski definition) is 3. The van der Waals surface area contributed by atoms with Gasteiger partial charge in [0.05, 0.1) is 11.5 Å². The summed E-state index contributed by atoms with van der Waals surface area (Å²) in [5.41, 5.74) is 3.25. The Morgan fingerprint density at radius 3 is 2.17 bits per heavy atom. The number of aliphatic hydroxyl groups is 1. The Hall–Kier alpha value is -1.61. The first-order chi connectivity index (χ1) is 7.72. The molecule has 1 N–H and O–H groups in total. The summed E-state index contributed by atoms with van der Waals surface area (Å²) in [7, 11) is 0. The summed E-state index contributed by atoms with van der Waals surface area (Å²) >= 11 is 0. The van der Waals surface area contributed by atoms with Crippen LogP contribution in [0.15, 0.2) is 0 Å². The maximum Gasteiger partial charge on any atom is 0.0666 e. The Morgan fingerprint density at radius 1 is 1.44 bits per heavy atom. The molecule has 0 saturated carbocycles. The molecule has 1 heterocycles. The van der Waals surface area contributed by atoms with E-state index in [1.54, 1.807) is 18.9 Å². The number of rotatable bonds is 3. The van der Waals surface area contributed by atoms with E-state index in [1.807, 2.05) is 20.8 Å². The third-order valence-corrected chi connectivity index (χ3v) is 2.76. The molecule has 1 amide bonds. The topological polar surface area (TPSA) is 54.6 Å². The molecule has 1 rings (SSSR count). The van der Waals surface area contributed by atoms with Gasteiger partial charge in [0, 0.05) is 12.0 Å². The van der Waals surface area contributed by atoms with Gasteiger partial charge in [0.1, 0.15) is 0 Å². The molecule has 2 unspecified atom stereocenters. The van der Waals surface area contributed by atoms with E-state index < -0.39 is 5.60 Å². The van der Waals surface area contributed by atoms with Gasteiger partial charge in [-0.15, -0.1) is 0 Å². The molecule has 114 valence electrons. The van der Waals surface area contributed by atoms with Gasteiger partial charge in [-0.25, -0.2) is 0 Å². The van der Waals surface area contributed by atoms with Crippen LogP contribution in [0.1, 0.15) is 47.5 Å². The van der Waals surface area contributed by atoms with Crippen LogP contribution in [0, 0.1) is 12.8 Å². The van der Waals surface area contributed by atoms with Crippen LogP contribution in [0.25, 0.3) is 5.43 Å². The number of carbonyl (C=O) groups excluding carboxylic acids is 1. The van der Waals surface area contributed by atoms with Crippen LogP contribution in [0.3, 0.4) is 0 Å². The summed E-state index contributed by atoms with van der Waals surface area (Å²) in [6, 6.07) is 0.157. The Bertz CT molecular complexity index is 242. The van der Waals surface area contributed by atoms with Crippen LogP contribution >= 0.6 is 0 Å². The number of amides is 1. The van der Waals surface area contributed by atoms with Crippen LogP contribution in [0.4, 0.5) is 0 Å². The predicted octanol–water partition coefficient (Wildman–Crippen LogP) is 2.53. The minimum Gasteiger partial charge on any atom is -0.588 e. The van der Waals surface area contributed by atoms with Gasteiger partial charge in [0.2, 0.25) is 0 Å². The van der Waals surface area contributed by atoms with E-state index in [1.165, 1.54) is 0 Å². The summed E-state index contributed by atoms with van der Waals surface area (Å²) in [4.78, 5) is 11.2. The monoisotopic (exact) mass is 499 g/mol. The van der Waals surface area contributed by atoms with E-state index in [4.69, 9.17) is 0 Å². The van der Waals surface area contributed by atoms with E-state index in [9.17, 15) is 9.90 Å². The third kappa shape index (κ3) is 6.21. The van der Waals surface area contributed by atoms with E-state index in [0.29, 0.717) is 13.0 Å². The Balaban J connectivity index is 0. The van der Waals surface area contributed by atoms with E-state index in [2.05, 4.69) is 12.3 Å². The molecule has 2 atom stereocenters. The third-order valence-electron chi connectivity index (χ3n) is 2.76. The molecule has 1 aliphatic rings. The molecule has 5 heteroatoms. The van der Waals surface area contributed by atoms with Gasteiger partial charge in [0.15, 0.2) is 0 Å². The van der Waals surface area contributed by atoms with Crippen molar-refractivity contribution < 1.29 is 9.90 Å². The first kappa shape index (κ1) is 18.7. The second-order valence-corrected chi connectivity index (χ2v) is 5.19. The zero-order valence-corrected chi connectivity index (χ0v) is 14.4.